The molecule has 0 heterocycles. The SMILES string of the molecule is O=C(Nc1ccc(NC(=O)C2CC2)cc1C(F)(F)F)c1ccc2ccccc2c1. The molecule has 4 rings (SSSR count). The molecule has 0 aromatic heterocycles. The second-order valence-electron chi connectivity index (χ2n) is 7.04. The zero-order chi connectivity index (χ0) is 20.6. The van der Waals surface area contributed by atoms with Crippen LogP contribution in [-0.2, 0) is 11.0 Å². The van der Waals surface area contributed by atoms with E-state index in [1.165, 1.54) is 6.07 Å². The lowest BCUT2D eigenvalue weighted by Gasteiger charge is -2.16. The van der Waals surface area contributed by atoms with Gasteiger partial charge < -0.3 is 10.6 Å². The van der Waals surface area contributed by atoms with Gasteiger partial charge in [0.25, 0.3) is 5.91 Å². The van der Waals surface area contributed by atoms with E-state index in [4.69, 9.17) is 0 Å². The molecule has 0 unspecified atom stereocenters. The maximum Gasteiger partial charge on any atom is 0.418 e. The highest BCUT2D eigenvalue weighted by molar-refractivity contribution is 6.07. The first kappa shape index (κ1) is 19.0. The van der Waals surface area contributed by atoms with Gasteiger partial charge in [0.05, 0.1) is 11.3 Å². The van der Waals surface area contributed by atoms with Crippen molar-refractivity contribution in [2.75, 3.05) is 10.6 Å². The van der Waals surface area contributed by atoms with Gasteiger partial charge in [-0.2, -0.15) is 13.2 Å². The van der Waals surface area contributed by atoms with Gasteiger partial charge in [-0.1, -0.05) is 30.3 Å². The van der Waals surface area contributed by atoms with Crippen molar-refractivity contribution in [3.05, 3.63) is 71.8 Å². The molecule has 0 bridgehead atoms. The van der Waals surface area contributed by atoms with Crippen LogP contribution in [0.5, 0.6) is 0 Å². The van der Waals surface area contributed by atoms with Gasteiger partial charge in [0.15, 0.2) is 0 Å². The molecule has 2 N–H and O–H groups in total. The van der Waals surface area contributed by atoms with Crippen molar-refractivity contribution in [1.29, 1.82) is 0 Å². The zero-order valence-corrected chi connectivity index (χ0v) is 15.2. The van der Waals surface area contributed by atoms with Crippen LogP contribution >= 0.6 is 0 Å². The summed E-state index contributed by atoms with van der Waals surface area (Å²) in [5.74, 6) is -1.06. The predicted molar refractivity (Wildman–Crippen MR) is 105 cm³/mol. The molecule has 0 atom stereocenters. The molecule has 1 saturated carbocycles. The van der Waals surface area contributed by atoms with E-state index in [-0.39, 0.29) is 28.8 Å². The topological polar surface area (TPSA) is 58.2 Å². The van der Waals surface area contributed by atoms with Gasteiger partial charge in [-0.25, -0.2) is 0 Å². The standard InChI is InChI=1S/C22H17F3N2O2/c23-22(24,25)18-12-17(26-20(28)14-6-7-14)9-10-19(18)27-21(29)16-8-5-13-3-1-2-4-15(13)11-16/h1-5,8-12,14H,6-7H2,(H,26,28)(H,27,29). The van der Waals surface area contributed by atoms with Crippen LogP contribution in [0.15, 0.2) is 60.7 Å². The molecule has 1 aliphatic carbocycles. The van der Waals surface area contributed by atoms with Crippen LogP contribution in [0.4, 0.5) is 24.5 Å². The third-order valence-electron chi connectivity index (χ3n) is 4.80. The van der Waals surface area contributed by atoms with Crippen molar-refractivity contribution < 1.29 is 22.8 Å². The summed E-state index contributed by atoms with van der Waals surface area (Å²) in [5, 5.41) is 6.58. The number of halogens is 3. The maximum atomic E-state index is 13.5. The molecule has 0 saturated heterocycles. The molecule has 7 heteroatoms. The van der Waals surface area contributed by atoms with Crippen molar-refractivity contribution in [2.45, 2.75) is 19.0 Å². The van der Waals surface area contributed by atoms with Gasteiger partial charge in [0.1, 0.15) is 0 Å². The van der Waals surface area contributed by atoms with Crippen LogP contribution in [0.25, 0.3) is 10.8 Å². The van der Waals surface area contributed by atoms with Crippen LogP contribution in [0.1, 0.15) is 28.8 Å². The predicted octanol–water partition coefficient (Wildman–Crippen LogP) is 5.46. The highest BCUT2D eigenvalue weighted by atomic mass is 19.4. The monoisotopic (exact) mass is 398 g/mol. The molecule has 0 aliphatic heterocycles. The van der Waals surface area contributed by atoms with Crippen molar-refractivity contribution >= 4 is 34.0 Å². The van der Waals surface area contributed by atoms with E-state index >= 15 is 0 Å². The lowest BCUT2D eigenvalue weighted by Crippen LogP contribution is -2.18. The summed E-state index contributed by atoms with van der Waals surface area (Å²) in [7, 11) is 0. The molecular formula is C22H17F3N2O2. The van der Waals surface area contributed by atoms with Crippen LogP contribution in [-0.4, -0.2) is 11.8 Å². The van der Waals surface area contributed by atoms with E-state index in [9.17, 15) is 22.8 Å². The van der Waals surface area contributed by atoms with E-state index in [2.05, 4.69) is 10.6 Å². The molecular weight excluding hydrogens is 381 g/mol. The Morgan fingerprint density at radius 2 is 1.59 bits per heavy atom. The minimum absolute atomic E-state index is 0.0536. The fraction of sp³-hybridized carbons (Fsp3) is 0.182. The van der Waals surface area contributed by atoms with E-state index in [1.807, 2.05) is 24.3 Å². The molecule has 4 nitrogen and oxygen atoms in total. The fourth-order valence-electron chi connectivity index (χ4n) is 3.08. The van der Waals surface area contributed by atoms with E-state index in [0.717, 1.165) is 35.7 Å². The largest absolute Gasteiger partial charge is 0.418 e. The molecule has 0 radical (unpaired) electrons. The van der Waals surface area contributed by atoms with Gasteiger partial charge in [-0.3, -0.25) is 9.59 Å². The Labute approximate surface area is 164 Å². The molecule has 3 aromatic carbocycles. The zero-order valence-electron chi connectivity index (χ0n) is 15.2. The molecule has 1 aliphatic rings. The summed E-state index contributed by atoms with van der Waals surface area (Å²) in [6.45, 7) is 0. The van der Waals surface area contributed by atoms with Gasteiger partial charge in [0, 0.05) is 17.2 Å². The maximum absolute atomic E-state index is 13.5. The first-order valence-electron chi connectivity index (χ1n) is 9.13. The minimum Gasteiger partial charge on any atom is -0.326 e. The number of nitrogens with one attached hydrogen (secondary N) is 2. The van der Waals surface area contributed by atoms with Crippen LogP contribution in [0.2, 0.25) is 0 Å². The Hall–Kier alpha value is -3.35. The number of hydrogen-bond acceptors (Lipinski definition) is 2. The summed E-state index contributed by atoms with van der Waals surface area (Å²) in [6.07, 6.45) is -3.19. The lowest BCUT2D eigenvalue weighted by atomic mass is 10.1. The molecule has 3 aromatic rings. The molecule has 1 fully saturated rings. The number of amides is 2. The normalized spacial score (nSPS) is 13.9. The lowest BCUT2D eigenvalue weighted by molar-refractivity contribution is -0.137. The molecule has 2 amide bonds. The molecule has 0 spiro atoms. The summed E-state index contributed by atoms with van der Waals surface area (Å²) < 4.78 is 40.6. The van der Waals surface area contributed by atoms with Crippen molar-refractivity contribution in [2.24, 2.45) is 5.92 Å². The number of fused-ring (bicyclic) bond motifs is 1. The van der Waals surface area contributed by atoms with Gasteiger partial charge >= 0.3 is 6.18 Å². The number of alkyl halides is 3. The number of anilines is 2. The number of benzene rings is 3. The Bertz CT molecular complexity index is 1100. The smallest absolute Gasteiger partial charge is 0.326 e. The third-order valence-corrected chi connectivity index (χ3v) is 4.80. The average molecular weight is 398 g/mol. The van der Waals surface area contributed by atoms with Gasteiger partial charge in [-0.15, -0.1) is 0 Å². The summed E-state index contributed by atoms with van der Waals surface area (Å²) in [6, 6.07) is 15.7. The minimum atomic E-state index is -4.69. The Balaban J connectivity index is 1.60. The number of carbonyl (C=O) groups is 2. The number of hydrogen-bond donors (Lipinski definition) is 2. The number of carbonyl (C=O) groups excluding carboxylic acids is 2. The summed E-state index contributed by atoms with van der Waals surface area (Å²) >= 11 is 0. The summed E-state index contributed by atoms with van der Waals surface area (Å²) in [5.41, 5.74) is -1.07. The second kappa shape index (κ2) is 7.24. The average Bonchev–Trinajstić information content (AvgIpc) is 3.53. The highest BCUT2D eigenvalue weighted by Crippen LogP contribution is 2.37. The second-order valence-corrected chi connectivity index (χ2v) is 7.04. The van der Waals surface area contributed by atoms with Gasteiger partial charge in [-0.05, 0) is 53.9 Å². The van der Waals surface area contributed by atoms with Gasteiger partial charge in [0.2, 0.25) is 5.91 Å². The third kappa shape index (κ3) is 4.23. The first-order chi connectivity index (χ1) is 13.8. The van der Waals surface area contributed by atoms with E-state index in [0.29, 0.717) is 0 Å². The Kier molecular flexibility index (Phi) is 4.74. The summed E-state index contributed by atoms with van der Waals surface area (Å²) in [4.78, 5) is 24.4. The van der Waals surface area contributed by atoms with E-state index in [1.54, 1.807) is 18.2 Å². The highest BCUT2D eigenvalue weighted by Gasteiger charge is 2.35. The van der Waals surface area contributed by atoms with Crippen molar-refractivity contribution in [3.63, 3.8) is 0 Å². The fourth-order valence-corrected chi connectivity index (χ4v) is 3.08. The number of rotatable bonds is 4. The Morgan fingerprint density at radius 1 is 0.862 bits per heavy atom. The van der Waals surface area contributed by atoms with Crippen LogP contribution in [0, 0.1) is 5.92 Å². The van der Waals surface area contributed by atoms with Crippen molar-refractivity contribution in [1.82, 2.24) is 0 Å². The molecule has 148 valence electrons. The Morgan fingerprint density at radius 3 is 2.28 bits per heavy atom. The van der Waals surface area contributed by atoms with Crippen LogP contribution < -0.4 is 10.6 Å². The van der Waals surface area contributed by atoms with Crippen LogP contribution in [0.3, 0.4) is 0 Å². The van der Waals surface area contributed by atoms with E-state index < -0.39 is 17.6 Å². The molecule has 29 heavy (non-hydrogen) atoms. The quantitative estimate of drug-likeness (QED) is 0.613. The van der Waals surface area contributed by atoms with Crippen molar-refractivity contribution in [3.8, 4) is 0 Å². The first-order valence-corrected chi connectivity index (χ1v) is 9.13.